The van der Waals surface area contributed by atoms with Crippen LogP contribution in [0, 0.1) is 0 Å². The number of amides is 4. The molecule has 4 amide bonds. The van der Waals surface area contributed by atoms with Crippen molar-refractivity contribution in [3.8, 4) is 11.6 Å². The highest BCUT2D eigenvalue weighted by atomic mass is 16.8. The summed E-state index contributed by atoms with van der Waals surface area (Å²) in [6, 6.07) is 19.2. The number of aromatic nitrogens is 2. The number of unbranched alkanes of at least 4 members (excludes halogenated alkanes) is 2. The van der Waals surface area contributed by atoms with Crippen molar-refractivity contribution in [3.63, 3.8) is 0 Å². The smallest absolute Gasteiger partial charge is 0.467 e. The number of para-hydroxylation sites is 1. The molecule has 3 fully saturated rings. The molecule has 2 saturated heterocycles. The van der Waals surface area contributed by atoms with E-state index in [0.717, 1.165) is 44.1 Å². The van der Waals surface area contributed by atoms with Gasteiger partial charge in [0.2, 0.25) is 17.7 Å². The van der Waals surface area contributed by atoms with Gasteiger partial charge in [-0.05, 0) is 75.5 Å². The first-order chi connectivity index (χ1) is 28.8. The molecular formula is C43H57N7O9. The average molecular weight is 816 g/mol. The third kappa shape index (κ3) is 12.5. The number of nitrogens with zero attached hydrogens (tertiary/aromatic N) is 5. The van der Waals surface area contributed by atoms with Crippen molar-refractivity contribution in [2.45, 2.75) is 95.9 Å². The summed E-state index contributed by atoms with van der Waals surface area (Å²) in [6.45, 7) is 4.47. The van der Waals surface area contributed by atoms with Gasteiger partial charge < -0.3 is 39.5 Å². The van der Waals surface area contributed by atoms with Crippen LogP contribution < -0.4 is 15.4 Å². The Morgan fingerprint density at radius 1 is 0.847 bits per heavy atom. The molecule has 16 nitrogen and oxygen atoms in total. The van der Waals surface area contributed by atoms with Gasteiger partial charge in [-0.25, -0.2) is 9.48 Å². The van der Waals surface area contributed by atoms with Crippen LogP contribution in [0.25, 0.3) is 5.69 Å². The molecule has 2 N–H and O–H groups in total. The van der Waals surface area contributed by atoms with E-state index < -0.39 is 24.1 Å². The third-order valence-corrected chi connectivity index (χ3v) is 10.8. The van der Waals surface area contributed by atoms with Crippen molar-refractivity contribution < 1.29 is 43.0 Å². The Morgan fingerprint density at radius 3 is 2.31 bits per heavy atom. The zero-order chi connectivity index (χ0) is 41.4. The second kappa shape index (κ2) is 22.0. The normalized spacial score (nSPS) is 17.5. The number of ether oxygens (including phenoxy) is 3. The molecule has 0 spiro atoms. The topological polar surface area (TPSA) is 174 Å². The van der Waals surface area contributed by atoms with Gasteiger partial charge in [-0.3, -0.25) is 19.2 Å². The van der Waals surface area contributed by atoms with Crippen LogP contribution in [0.4, 0.5) is 4.79 Å². The summed E-state index contributed by atoms with van der Waals surface area (Å²) < 4.78 is 18.5. The Morgan fingerprint density at radius 2 is 1.59 bits per heavy atom. The highest BCUT2D eigenvalue weighted by molar-refractivity contribution is 5.96. The Hall–Kier alpha value is -5.48. The Bertz CT molecular complexity index is 1830. The number of hydroxylamine groups is 2. The second-order valence-corrected chi connectivity index (χ2v) is 15.1. The molecule has 2 aliphatic heterocycles. The van der Waals surface area contributed by atoms with Gasteiger partial charge in [0.1, 0.15) is 12.1 Å². The molecular weight excluding hydrogens is 759 g/mol. The maximum absolute atomic E-state index is 14.0. The van der Waals surface area contributed by atoms with Crippen molar-refractivity contribution in [1.82, 2.24) is 35.3 Å². The van der Waals surface area contributed by atoms with Gasteiger partial charge in [-0.1, -0.05) is 61.9 Å². The minimum absolute atomic E-state index is 0.000901. The highest BCUT2D eigenvalue weighted by Crippen LogP contribution is 2.24. The first-order valence-corrected chi connectivity index (χ1v) is 21.0. The fourth-order valence-corrected chi connectivity index (χ4v) is 7.20. The summed E-state index contributed by atoms with van der Waals surface area (Å²) in [5, 5.41) is 12.0. The molecule has 1 aliphatic carbocycles. The number of rotatable bonds is 20. The molecule has 6 rings (SSSR count). The van der Waals surface area contributed by atoms with Crippen LogP contribution in [0.1, 0.15) is 87.2 Å². The fraction of sp³-hybridized carbons (Fsp3) is 0.535. The van der Waals surface area contributed by atoms with E-state index in [4.69, 9.17) is 19.0 Å². The minimum atomic E-state index is -0.880. The van der Waals surface area contributed by atoms with E-state index in [2.05, 4.69) is 15.7 Å². The van der Waals surface area contributed by atoms with Crippen LogP contribution in [-0.4, -0.2) is 125 Å². The van der Waals surface area contributed by atoms with Crippen molar-refractivity contribution in [3.05, 3.63) is 78.0 Å². The Kier molecular flexibility index (Phi) is 16.1. The van der Waals surface area contributed by atoms with Gasteiger partial charge in [0.15, 0.2) is 12.3 Å². The van der Waals surface area contributed by atoms with E-state index in [0.29, 0.717) is 51.1 Å². The zero-order valence-corrected chi connectivity index (χ0v) is 33.9. The van der Waals surface area contributed by atoms with Crippen LogP contribution in [0.15, 0.2) is 66.7 Å². The van der Waals surface area contributed by atoms with Crippen LogP contribution >= 0.6 is 0 Å². The number of hydrogen-bond acceptors (Lipinski definition) is 11. The van der Waals surface area contributed by atoms with E-state index in [9.17, 15) is 24.0 Å². The maximum atomic E-state index is 14.0. The molecule has 3 aromatic rings. The van der Waals surface area contributed by atoms with E-state index in [1.807, 2.05) is 55.5 Å². The van der Waals surface area contributed by atoms with Gasteiger partial charge in [0, 0.05) is 38.3 Å². The molecule has 16 heteroatoms. The predicted octanol–water partition coefficient (Wildman–Crippen LogP) is 4.41. The van der Waals surface area contributed by atoms with E-state index in [-0.39, 0.29) is 74.7 Å². The number of hydrogen-bond donors (Lipinski definition) is 2. The van der Waals surface area contributed by atoms with Crippen LogP contribution in [-0.2, 0) is 35.3 Å². The van der Waals surface area contributed by atoms with Crippen LogP contribution in [0.5, 0.6) is 5.88 Å². The second-order valence-electron chi connectivity index (χ2n) is 15.1. The van der Waals surface area contributed by atoms with Gasteiger partial charge in [-0.2, -0.15) is 5.10 Å². The number of nitrogens with one attached hydrogen (secondary N) is 2. The zero-order valence-electron chi connectivity index (χ0n) is 33.9. The summed E-state index contributed by atoms with van der Waals surface area (Å²) in [5.41, 5.74) is 1.67. The number of likely N-dealkylation sites (tertiary alicyclic amines) is 1. The predicted molar refractivity (Wildman–Crippen MR) is 216 cm³/mol. The molecule has 0 radical (unpaired) electrons. The average Bonchev–Trinajstić information content (AvgIpc) is 3.92. The molecule has 59 heavy (non-hydrogen) atoms. The Balaban J connectivity index is 1.10. The fourth-order valence-electron chi connectivity index (χ4n) is 7.20. The van der Waals surface area contributed by atoms with Crippen molar-refractivity contribution in [2.24, 2.45) is 0 Å². The molecule has 1 aromatic heterocycles. The lowest BCUT2D eigenvalue weighted by atomic mass is 9.93. The molecule has 3 heterocycles. The molecule has 2 atom stereocenters. The number of carbonyl (C=O) groups excluding carboxylic acids is 5. The lowest BCUT2D eigenvalue weighted by Crippen LogP contribution is -2.55. The Labute approximate surface area is 345 Å². The van der Waals surface area contributed by atoms with Gasteiger partial charge >= 0.3 is 6.16 Å². The molecule has 3 aliphatic rings. The third-order valence-electron chi connectivity index (χ3n) is 10.8. The number of piperazine rings is 1. The summed E-state index contributed by atoms with van der Waals surface area (Å²) in [7, 11) is 0. The lowest BCUT2D eigenvalue weighted by molar-refractivity contribution is -0.158. The largest absolute Gasteiger partial charge is 0.527 e. The molecule has 318 valence electrons. The van der Waals surface area contributed by atoms with Crippen LogP contribution in [0.2, 0.25) is 0 Å². The number of benzene rings is 2. The van der Waals surface area contributed by atoms with E-state index >= 15 is 0 Å². The summed E-state index contributed by atoms with van der Waals surface area (Å²) in [6.07, 6.45) is 6.80. The summed E-state index contributed by atoms with van der Waals surface area (Å²) in [4.78, 5) is 75.1. The van der Waals surface area contributed by atoms with Crippen molar-refractivity contribution >= 4 is 29.8 Å². The maximum Gasteiger partial charge on any atom is 0.527 e. The first kappa shape index (κ1) is 43.1. The van der Waals surface area contributed by atoms with Crippen molar-refractivity contribution in [2.75, 3.05) is 52.5 Å². The first-order valence-electron chi connectivity index (χ1n) is 21.0. The highest BCUT2D eigenvalue weighted by Gasteiger charge is 2.36. The monoisotopic (exact) mass is 815 g/mol. The minimum Gasteiger partial charge on any atom is -0.467 e. The van der Waals surface area contributed by atoms with Crippen LogP contribution in [0.3, 0.4) is 0 Å². The SMILES string of the molecule is CCCCOC(=O)ON1CCN(C(=O)[C@H](CCCCOCc2ccccc2)NC(=O)c2cc(OCC(=O)N3CCC[C@H]3C(=O)NC3CCC3)n(-c3ccccc3)n2)CC1. The summed E-state index contributed by atoms with van der Waals surface area (Å²) in [5.74, 6) is -1.15. The number of carbonyl (C=O) groups is 5. The van der Waals surface area contributed by atoms with Gasteiger partial charge in [-0.15, -0.1) is 5.06 Å². The van der Waals surface area contributed by atoms with E-state index in [1.165, 1.54) is 15.8 Å². The van der Waals surface area contributed by atoms with Crippen molar-refractivity contribution in [1.29, 1.82) is 0 Å². The quantitative estimate of drug-likeness (QED) is 0.122. The van der Waals surface area contributed by atoms with Gasteiger partial charge in [0.25, 0.3) is 11.8 Å². The molecule has 0 bridgehead atoms. The van der Waals surface area contributed by atoms with Gasteiger partial charge in [0.05, 0.1) is 32.0 Å². The lowest BCUT2D eigenvalue weighted by Gasteiger charge is -2.35. The standard InChI is InChI=1S/C43H57N7O9/c1-2-3-28-57-43(55)59-48-25-23-47(24-26-48)42(54)35(20-10-11-27-56-30-32-14-6-4-7-15-32)45-40(52)36-29-39(50(46-36)34-18-8-5-9-19-34)58-31-38(51)49-22-13-21-37(49)41(53)44-33-16-12-17-33/h4-9,14-15,18-19,29,33,35,37H,2-3,10-13,16-17,20-28,30-31H2,1H3,(H,44,53)(H,45,52)/t35-,37-/m0/s1. The molecule has 0 unspecified atom stereocenters. The molecule has 2 aromatic carbocycles. The summed E-state index contributed by atoms with van der Waals surface area (Å²) >= 11 is 0. The molecule has 1 saturated carbocycles. The van der Waals surface area contributed by atoms with E-state index in [1.54, 1.807) is 21.9 Å².